The van der Waals surface area contributed by atoms with Crippen LogP contribution in [0, 0.1) is 17.8 Å². The Morgan fingerprint density at radius 1 is 1.10 bits per heavy atom. The van der Waals surface area contributed by atoms with E-state index in [0.29, 0.717) is 36.8 Å². The number of carbonyl (C=O) groups excluding carboxylic acids is 4. The molecule has 4 amide bonds. The first-order chi connectivity index (χ1) is 28.2. The molecule has 1 aliphatic heterocycles. The monoisotopic (exact) mass is 868 g/mol. The number of aromatic nitrogens is 2. The molecule has 17 heteroatoms. The number of alkyl carbamates (subject to hydrolysis) is 1. The topological polar surface area (TPSA) is 195 Å². The first-order valence-electron chi connectivity index (χ1n) is 21.0. The van der Waals surface area contributed by atoms with Gasteiger partial charge in [-0.3, -0.25) is 19.1 Å². The van der Waals surface area contributed by atoms with Crippen LogP contribution < -0.4 is 24.8 Å². The molecule has 0 spiro atoms. The summed E-state index contributed by atoms with van der Waals surface area (Å²) in [4.78, 5) is 67.4. The number of hydrogen-bond acceptors (Lipinski definition) is 12. The number of thiazole rings is 1. The standard InChI is InChI=1S/C43H60N6O9S2/c1-10-12-25(3)19-27(11-2)34(46-40(53)58-41(5,6)7)38(51)49-24-29(57-36-30-14-13-28(56-9)20-31(30)32(23-45-36)37-44-17-18-59-37)21-33(49)35(50)47-43(22-26(43)4)39(52)48-60(54,55)42(8)15-16-42/h13-14,17-18,20,23,25-27,29,33-34H,10-12,15-16,19,21-22,24H2,1-9H3,(H,46,53)(H,47,50)(H,48,52)/t25-,26-,27-,29-,33+,34+,43-/m1/s1. The van der Waals surface area contributed by atoms with Crippen molar-refractivity contribution in [2.24, 2.45) is 17.8 Å². The van der Waals surface area contributed by atoms with Gasteiger partial charge in [-0.25, -0.2) is 23.2 Å². The van der Waals surface area contributed by atoms with Gasteiger partial charge >= 0.3 is 6.09 Å². The van der Waals surface area contributed by atoms with E-state index in [1.54, 1.807) is 60.2 Å². The van der Waals surface area contributed by atoms with Gasteiger partial charge in [-0.1, -0.05) is 47.0 Å². The zero-order valence-electron chi connectivity index (χ0n) is 36.1. The summed E-state index contributed by atoms with van der Waals surface area (Å²) < 4.78 is 45.2. The van der Waals surface area contributed by atoms with Gasteiger partial charge in [-0.05, 0) is 89.3 Å². The van der Waals surface area contributed by atoms with Crippen LogP contribution >= 0.6 is 11.3 Å². The number of amides is 4. The van der Waals surface area contributed by atoms with E-state index in [4.69, 9.17) is 19.2 Å². The number of carbonyl (C=O) groups is 4. The third-order valence-corrected chi connectivity index (χ3v) is 15.1. The zero-order valence-corrected chi connectivity index (χ0v) is 37.8. The molecule has 0 bridgehead atoms. The number of nitrogens with one attached hydrogen (secondary N) is 3. The van der Waals surface area contributed by atoms with Gasteiger partial charge in [0.2, 0.25) is 27.7 Å². The summed E-state index contributed by atoms with van der Waals surface area (Å²) in [6.45, 7) is 14.7. The zero-order chi connectivity index (χ0) is 43.8. The average Bonchev–Trinajstić information content (AvgIpc) is 3.90. The number of benzene rings is 1. The predicted octanol–water partition coefficient (Wildman–Crippen LogP) is 6.35. The lowest BCUT2D eigenvalue weighted by Crippen LogP contribution is -2.59. The molecular formula is C43H60N6O9S2. The molecule has 3 N–H and O–H groups in total. The molecule has 60 heavy (non-hydrogen) atoms. The second-order valence-electron chi connectivity index (χ2n) is 18.1. The van der Waals surface area contributed by atoms with Gasteiger partial charge < -0.3 is 29.7 Å². The SMILES string of the molecule is CCC[C@@H](C)C[C@@H](CC)[C@H](NC(=O)OC(C)(C)C)C(=O)N1C[C@H](Oc2ncc(-c3nccs3)c3cc(OC)ccc23)C[C@H]1C(=O)N[C@]1(C(=O)NS(=O)(=O)C2(C)CC2)C[C@H]1C. The molecule has 0 radical (unpaired) electrons. The third-order valence-electron chi connectivity index (χ3n) is 12.2. The quantitative estimate of drug-likeness (QED) is 0.137. The van der Waals surface area contributed by atoms with Crippen LogP contribution in [0.15, 0.2) is 36.0 Å². The fourth-order valence-corrected chi connectivity index (χ4v) is 10.2. The minimum atomic E-state index is -3.98. The Morgan fingerprint density at radius 3 is 2.40 bits per heavy atom. The van der Waals surface area contributed by atoms with E-state index in [-0.39, 0.29) is 43.0 Å². The van der Waals surface area contributed by atoms with Crippen molar-refractivity contribution in [3.63, 3.8) is 0 Å². The van der Waals surface area contributed by atoms with E-state index >= 15 is 4.79 Å². The van der Waals surface area contributed by atoms with Crippen molar-refractivity contribution >= 4 is 55.9 Å². The first kappa shape index (κ1) is 45.0. The van der Waals surface area contributed by atoms with Gasteiger partial charge in [-0.2, -0.15) is 0 Å². The number of rotatable bonds is 17. The smallest absolute Gasteiger partial charge is 0.408 e. The average molecular weight is 869 g/mol. The van der Waals surface area contributed by atoms with E-state index in [0.717, 1.165) is 28.8 Å². The van der Waals surface area contributed by atoms with Crippen LogP contribution in [-0.4, -0.2) is 94.8 Å². The number of hydrogen-bond donors (Lipinski definition) is 3. The number of methoxy groups -OCH3 is 1. The molecule has 3 heterocycles. The van der Waals surface area contributed by atoms with Crippen molar-refractivity contribution in [2.75, 3.05) is 13.7 Å². The van der Waals surface area contributed by atoms with Gasteiger partial charge in [0, 0.05) is 40.5 Å². The largest absolute Gasteiger partial charge is 0.497 e. The summed E-state index contributed by atoms with van der Waals surface area (Å²) in [7, 11) is -2.40. The van der Waals surface area contributed by atoms with Crippen molar-refractivity contribution in [3.8, 4) is 22.2 Å². The molecule has 1 saturated heterocycles. The van der Waals surface area contributed by atoms with Crippen LogP contribution in [-0.2, 0) is 29.1 Å². The van der Waals surface area contributed by atoms with E-state index < -0.39 is 67.9 Å². The van der Waals surface area contributed by atoms with Gasteiger partial charge in [0.05, 0.1) is 18.4 Å². The summed E-state index contributed by atoms with van der Waals surface area (Å²) in [6, 6.07) is 3.32. The van der Waals surface area contributed by atoms with Gasteiger partial charge in [-0.15, -0.1) is 11.3 Å². The number of ether oxygens (including phenoxy) is 3. The van der Waals surface area contributed by atoms with Crippen LogP contribution in [0.25, 0.3) is 21.3 Å². The summed E-state index contributed by atoms with van der Waals surface area (Å²) in [5.41, 5.74) is -1.54. The maximum atomic E-state index is 15.1. The number of likely N-dealkylation sites (tertiary alicyclic amines) is 1. The molecule has 328 valence electrons. The van der Waals surface area contributed by atoms with Crippen molar-refractivity contribution in [2.45, 2.75) is 141 Å². The van der Waals surface area contributed by atoms with Crippen LogP contribution in [0.4, 0.5) is 4.79 Å². The Morgan fingerprint density at radius 2 is 1.82 bits per heavy atom. The molecule has 2 aromatic heterocycles. The number of nitrogens with zero attached hydrogens (tertiary/aromatic N) is 3. The minimum Gasteiger partial charge on any atom is -0.497 e. The lowest BCUT2D eigenvalue weighted by Gasteiger charge is -2.34. The minimum absolute atomic E-state index is 0.0236. The second kappa shape index (κ2) is 17.5. The molecule has 2 saturated carbocycles. The second-order valence-corrected chi connectivity index (χ2v) is 21.2. The highest BCUT2D eigenvalue weighted by Crippen LogP contribution is 2.46. The third kappa shape index (κ3) is 9.66. The Bertz CT molecular complexity index is 2190. The highest BCUT2D eigenvalue weighted by atomic mass is 32.2. The molecule has 15 nitrogen and oxygen atoms in total. The molecule has 6 rings (SSSR count). The Balaban J connectivity index is 1.34. The Labute approximate surface area is 357 Å². The molecule has 7 atom stereocenters. The van der Waals surface area contributed by atoms with Crippen LogP contribution in [0.5, 0.6) is 11.6 Å². The highest BCUT2D eigenvalue weighted by molar-refractivity contribution is 7.91. The molecule has 3 aliphatic rings. The van der Waals surface area contributed by atoms with Crippen molar-refractivity contribution in [1.82, 2.24) is 30.2 Å². The van der Waals surface area contributed by atoms with E-state index in [1.165, 1.54) is 16.2 Å². The lowest BCUT2D eigenvalue weighted by molar-refractivity contribution is -0.142. The van der Waals surface area contributed by atoms with Crippen molar-refractivity contribution in [1.29, 1.82) is 0 Å². The number of fused-ring (bicyclic) bond motifs is 1. The number of sulfonamides is 1. The predicted molar refractivity (Wildman–Crippen MR) is 229 cm³/mol. The van der Waals surface area contributed by atoms with Gasteiger partial charge in [0.1, 0.15) is 40.1 Å². The Kier molecular flexibility index (Phi) is 13.1. The van der Waals surface area contributed by atoms with E-state index in [1.807, 2.05) is 24.4 Å². The van der Waals surface area contributed by atoms with E-state index in [9.17, 15) is 22.8 Å². The summed E-state index contributed by atoms with van der Waals surface area (Å²) in [5.74, 6) is -1.43. The molecule has 3 fully saturated rings. The lowest BCUT2D eigenvalue weighted by atomic mass is 9.85. The summed E-state index contributed by atoms with van der Waals surface area (Å²) in [6.07, 6.45) is 6.09. The van der Waals surface area contributed by atoms with E-state index in [2.05, 4.69) is 34.2 Å². The van der Waals surface area contributed by atoms with Gasteiger partial charge in [0.25, 0.3) is 5.91 Å². The first-order valence-corrected chi connectivity index (χ1v) is 23.3. The highest BCUT2D eigenvalue weighted by Gasteiger charge is 2.62. The summed E-state index contributed by atoms with van der Waals surface area (Å²) in [5, 5.41) is 9.84. The molecular weight excluding hydrogens is 809 g/mol. The maximum absolute atomic E-state index is 15.1. The van der Waals surface area contributed by atoms with Crippen molar-refractivity contribution in [3.05, 3.63) is 36.0 Å². The number of pyridine rings is 1. The molecule has 2 aliphatic carbocycles. The van der Waals surface area contributed by atoms with Crippen LogP contribution in [0.1, 0.15) is 107 Å². The Hall–Kier alpha value is -4.51. The summed E-state index contributed by atoms with van der Waals surface area (Å²) >= 11 is 1.47. The van der Waals surface area contributed by atoms with Crippen LogP contribution in [0.2, 0.25) is 0 Å². The molecule has 0 unspecified atom stereocenters. The fraction of sp³-hybridized carbons (Fsp3) is 0.628. The maximum Gasteiger partial charge on any atom is 0.408 e. The van der Waals surface area contributed by atoms with Crippen molar-refractivity contribution < 1.29 is 41.8 Å². The molecule has 1 aromatic carbocycles. The van der Waals surface area contributed by atoms with Crippen LogP contribution in [0.3, 0.4) is 0 Å². The fourth-order valence-electron chi connectivity index (χ4n) is 8.19. The normalized spacial score (nSPS) is 23.6. The van der Waals surface area contributed by atoms with Gasteiger partial charge in [0.15, 0.2) is 0 Å². The molecule has 3 aromatic rings.